The van der Waals surface area contributed by atoms with Crippen molar-refractivity contribution in [3.63, 3.8) is 0 Å². The summed E-state index contributed by atoms with van der Waals surface area (Å²) in [4.78, 5) is 26.7. The highest BCUT2D eigenvalue weighted by Crippen LogP contribution is 2.25. The number of hydrogen-bond acceptors (Lipinski definition) is 4. The van der Waals surface area contributed by atoms with Crippen LogP contribution in [0.5, 0.6) is 0 Å². The fourth-order valence-electron chi connectivity index (χ4n) is 3.32. The monoisotopic (exact) mass is 449 g/mol. The number of benzene rings is 2. The molecule has 2 aromatic carbocycles. The Labute approximate surface area is 181 Å². The quantitative estimate of drug-likeness (QED) is 0.704. The van der Waals surface area contributed by atoms with Crippen LogP contribution in [0, 0.1) is 0 Å². The number of hydrogen-bond donors (Lipinski definition) is 1. The first-order chi connectivity index (χ1) is 14.2. The summed E-state index contributed by atoms with van der Waals surface area (Å²) < 4.78 is 26.0. The number of likely N-dealkylation sites (tertiary alicyclic amines) is 1. The average Bonchev–Trinajstić information content (AvgIpc) is 3.12. The molecular weight excluding hydrogens is 426 g/mol. The molecule has 0 radical (unpaired) electrons. The molecule has 1 heterocycles. The van der Waals surface area contributed by atoms with Crippen LogP contribution in [0.1, 0.15) is 34.8 Å². The van der Waals surface area contributed by atoms with Gasteiger partial charge in [-0.05, 0) is 30.2 Å². The lowest BCUT2D eigenvalue weighted by atomic mass is 10.1. The lowest BCUT2D eigenvalue weighted by Crippen LogP contribution is -2.38. The van der Waals surface area contributed by atoms with Gasteiger partial charge >= 0.3 is 0 Å². The summed E-state index contributed by atoms with van der Waals surface area (Å²) in [5.74, 6) is -0.376. The molecule has 30 heavy (non-hydrogen) atoms. The van der Waals surface area contributed by atoms with Crippen molar-refractivity contribution < 1.29 is 18.0 Å². The Bertz CT molecular complexity index is 1040. The van der Waals surface area contributed by atoms with Gasteiger partial charge in [0.15, 0.2) is 0 Å². The first kappa shape index (κ1) is 22.3. The lowest BCUT2D eigenvalue weighted by Gasteiger charge is -2.25. The third kappa shape index (κ3) is 4.83. The number of sulfonamides is 1. The van der Waals surface area contributed by atoms with Crippen LogP contribution in [0.15, 0.2) is 53.4 Å². The van der Waals surface area contributed by atoms with Crippen LogP contribution < -0.4 is 5.32 Å². The number of amides is 2. The largest absolute Gasteiger partial charge is 0.343 e. The summed E-state index contributed by atoms with van der Waals surface area (Å²) in [7, 11) is -1.00. The Morgan fingerprint density at radius 1 is 1.20 bits per heavy atom. The molecule has 9 heteroatoms. The average molecular weight is 450 g/mol. The second kappa shape index (κ2) is 9.16. The summed E-state index contributed by atoms with van der Waals surface area (Å²) in [6, 6.07) is 13.1. The summed E-state index contributed by atoms with van der Waals surface area (Å²) in [6.45, 7) is 1.01. The van der Waals surface area contributed by atoms with E-state index >= 15 is 0 Å². The summed E-state index contributed by atoms with van der Waals surface area (Å²) >= 11 is 6.08. The maximum Gasteiger partial charge on any atom is 0.251 e. The second-order valence-corrected chi connectivity index (χ2v) is 9.84. The summed E-state index contributed by atoms with van der Waals surface area (Å²) in [6.07, 6.45) is 1.32. The van der Waals surface area contributed by atoms with Crippen molar-refractivity contribution in [3.05, 3.63) is 64.7 Å². The standard InChI is InChI=1S/C21H24ClN3O4S/c1-24(2)30(28,29)19-13-16(10-11-17(19)22)21(27)23-18(15-7-4-3-5-8-15)14-25-12-6-9-20(25)26/h3-5,7-8,10-11,13,18H,6,9,12,14H2,1-2H3,(H,23,27)/t18-/m0/s1. The van der Waals surface area contributed by atoms with E-state index in [9.17, 15) is 18.0 Å². The van der Waals surface area contributed by atoms with Gasteiger partial charge in [0.25, 0.3) is 5.91 Å². The fourth-order valence-corrected chi connectivity index (χ4v) is 4.71. The van der Waals surface area contributed by atoms with Gasteiger partial charge in [-0.3, -0.25) is 9.59 Å². The topological polar surface area (TPSA) is 86.8 Å². The third-order valence-corrected chi connectivity index (χ3v) is 7.33. The van der Waals surface area contributed by atoms with E-state index in [2.05, 4.69) is 5.32 Å². The number of rotatable bonds is 7. The molecule has 0 unspecified atom stereocenters. The molecular formula is C21H24ClN3O4S. The molecule has 0 aliphatic carbocycles. The molecule has 0 saturated carbocycles. The zero-order chi connectivity index (χ0) is 21.9. The van der Waals surface area contributed by atoms with E-state index in [-0.39, 0.29) is 21.4 Å². The first-order valence-corrected chi connectivity index (χ1v) is 11.4. The molecule has 2 aromatic rings. The minimum atomic E-state index is -3.80. The normalized spacial score (nSPS) is 15.5. The van der Waals surface area contributed by atoms with Crippen LogP contribution in [0.25, 0.3) is 0 Å². The van der Waals surface area contributed by atoms with Gasteiger partial charge in [0, 0.05) is 39.2 Å². The van der Waals surface area contributed by atoms with Crippen LogP contribution >= 0.6 is 11.6 Å². The predicted octanol–water partition coefficient (Wildman–Crippen LogP) is 2.68. The second-order valence-electron chi connectivity index (χ2n) is 7.31. The van der Waals surface area contributed by atoms with Gasteiger partial charge in [-0.15, -0.1) is 0 Å². The van der Waals surface area contributed by atoms with E-state index in [4.69, 9.17) is 11.6 Å². The minimum absolute atomic E-state index is 0.0440. The molecule has 1 saturated heterocycles. The van der Waals surface area contributed by atoms with Gasteiger partial charge < -0.3 is 10.2 Å². The van der Waals surface area contributed by atoms with Crippen molar-refractivity contribution in [3.8, 4) is 0 Å². The highest BCUT2D eigenvalue weighted by atomic mass is 35.5. The zero-order valence-electron chi connectivity index (χ0n) is 16.8. The van der Waals surface area contributed by atoms with Crippen LogP contribution in [0.4, 0.5) is 0 Å². The predicted molar refractivity (Wildman–Crippen MR) is 115 cm³/mol. The third-order valence-electron chi connectivity index (χ3n) is 5.03. The molecule has 1 fully saturated rings. The van der Waals surface area contributed by atoms with Crippen molar-refractivity contribution >= 4 is 33.4 Å². The molecule has 0 aromatic heterocycles. The van der Waals surface area contributed by atoms with Crippen molar-refractivity contribution in [1.29, 1.82) is 0 Å². The fraction of sp³-hybridized carbons (Fsp3) is 0.333. The highest BCUT2D eigenvalue weighted by molar-refractivity contribution is 7.89. The van der Waals surface area contributed by atoms with Gasteiger partial charge in [-0.2, -0.15) is 0 Å². The van der Waals surface area contributed by atoms with Crippen LogP contribution in [-0.4, -0.2) is 56.6 Å². The number of carbonyl (C=O) groups is 2. The van der Waals surface area contributed by atoms with Gasteiger partial charge in [0.05, 0.1) is 11.1 Å². The van der Waals surface area contributed by atoms with Gasteiger partial charge in [0.2, 0.25) is 15.9 Å². The van der Waals surface area contributed by atoms with Crippen LogP contribution in [0.3, 0.4) is 0 Å². The van der Waals surface area contributed by atoms with Crippen molar-refractivity contribution in [2.45, 2.75) is 23.8 Å². The Balaban J connectivity index is 1.88. The molecule has 0 bridgehead atoms. The van der Waals surface area contributed by atoms with Crippen molar-refractivity contribution in [2.24, 2.45) is 0 Å². The SMILES string of the molecule is CN(C)S(=O)(=O)c1cc(C(=O)N[C@@H](CN2CCCC2=O)c2ccccc2)ccc1Cl. The molecule has 3 rings (SSSR count). The van der Waals surface area contributed by atoms with E-state index in [1.807, 2.05) is 30.3 Å². The lowest BCUT2D eigenvalue weighted by molar-refractivity contribution is -0.128. The van der Waals surface area contributed by atoms with Gasteiger partial charge in [-0.1, -0.05) is 41.9 Å². The first-order valence-electron chi connectivity index (χ1n) is 9.56. The zero-order valence-corrected chi connectivity index (χ0v) is 18.4. The number of nitrogens with zero attached hydrogens (tertiary/aromatic N) is 2. The van der Waals surface area contributed by atoms with Crippen molar-refractivity contribution in [1.82, 2.24) is 14.5 Å². The Kier molecular flexibility index (Phi) is 6.80. The van der Waals surface area contributed by atoms with E-state index < -0.39 is 22.0 Å². The van der Waals surface area contributed by atoms with E-state index in [0.29, 0.717) is 19.5 Å². The number of carbonyl (C=O) groups excluding carboxylic acids is 2. The van der Waals surface area contributed by atoms with E-state index in [1.165, 1.54) is 32.3 Å². The van der Waals surface area contributed by atoms with E-state index in [1.54, 1.807) is 4.90 Å². The number of halogens is 1. The molecule has 0 spiro atoms. The molecule has 7 nitrogen and oxygen atoms in total. The minimum Gasteiger partial charge on any atom is -0.343 e. The molecule has 1 atom stereocenters. The maximum atomic E-state index is 13.0. The van der Waals surface area contributed by atoms with Gasteiger partial charge in [-0.25, -0.2) is 12.7 Å². The molecule has 160 valence electrons. The van der Waals surface area contributed by atoms with Gasteiger partial charge in [0.1, 0.15) is 4.90 Å². The Hall–Kier alpha value is -2.42. The molecule has 1 N–H and O–H groups in total. The Morgan fingerprint density at radius 3 is 2.50 bits per heavy atom. The maximum absolute atomic E-state index is 13.0. The summed E-state index contributed by atoms with van der Waals surface area (Å²) in [5, 5.41) is 2.98. The molecule has 1 aliphatic rings. The summed E-state index contributed by atoms with van der Waals surface area (Å²) in [5.41, 5.74) is 1.04. The van der Waals surface area contributed by atoms with Crippen LogP contribution in [0.2, 0.25) is 5.02 Å². The van der Waals surface area contributed by atoms with Crippen molar-refractivity contribution in [2.75, 3.05) is 27.2 Å². The smallest absolute Gasteiger partial charge is 0.251 e. The number of nitrogens with one attached hydrogen (secondary N) is 1. The molecule has 1 aliphatic heterocycles. The molecule has 2 amide bonds. The van der Waals surface area contributed by atoms with E-state index in [0.717, 1.165) is 16.3 Å². The highest BCUT2D eigenvalue weighted by Gasteiger charge is 2.27. The Morgan fingerprint density at radius 2 is 1.90 bits per heavy atom. The van der Waals surface area contributed by atoms with Crippen LogP contribution in [-0.2, 0) is 14.8 Å².